The number of alkyl halides is 3. The van der Waals surface area contributed by atoms with E-state index in [2.05, 4.69) is 14.8 Å². The number of sulfonamides is 1. The number of carbonyl (C=O) groups excluding carboxylic acids is 1. The Balaban J connectivity index is 1.82. The van der Waals surface area contributed by atoms with E-state index in [1.54, 1.807) is 0 Å². The minimum Gasteiger partial charge on any atom is -0.459 e. The largest absolute Gasteiger partial charge is 0.573 e. The molecule has 1 aromatic heterocycles. The summed E-state index contributed by atoms with van der Waals surface area (Å²) in [6, 6.07) is 12.9. The predicted molar refractivity (Wildman–Crippen MR) is 97.0 cm³/mol. The minimum absolute atomic E-state index is 0.0176. The topological polar surface area (TPSA) is 97.6 Å². The molecule has 0 spiro atoms. The first-order valence-corrected chi connectivity index (χ1v) is 9.45. The van der Waals surface area contributed by atoms with Crippen molar-refractivity contribution in [3.05, 3.63) is 72.7 Å². The van der Waals surface area contributed by atoms with Crippen LogP contribution in [0.4, 0.5) is 24.5 Å². The average Bonchev–Trinajstić information content (AvgIpc) is 3.15. The first-order chi connectivity index (χ1) is 13.6. The molecule has 7 nitrogen and oxygen atoms in total. The smallest absolute Gasteiger partial charge is 0.459 e. The van der Waals surface area contributed by atoms with Crippen LogP contribution in [0.25, 0.3) is 0 Å². The molecule has 152 valence electrons. The highest BCUT2D eigenvalue weighted by Gasteiger charge is 2.34. The molecule has 0 radical (unpaired) electrons. The molecular weight excluding hydrogens is 413 g/mol. The number of para-hydroxylation sites is 1. The fourth-order valence-corrected chi connectivity index (χ4v) is 3.53. The van der Waals surface area contributed by atoms with Crippen molar-refractivity contribution in [3.8, 4) is 5.75 Å². The summed E-state index contributed by atoms with van der Waals surface area (Å²) >= 11 is 0. The van der Waals surface area contributed by atoms with Crippen LogP contribution in [0.15, 0.2) is 76.2 Å². The molecule has 3 rings (SSSR count). The number of hydrogen-bond acceptors (Lipinski definition) is 5. The van der Waals surface area contributed by atoms with Crippen molar-refractivity contribution in [2.75, 3.05) is 10.0 Å². The molecule has 0 bridgehead atoms. The Morgan fingerprint density at radius 1 is 0.966 bits per heavy atom. The zero-order chi connectivity index (χ0) is 21.1. The van der Waals surface area contributed by atoms with Gasteiger partial charge in [0.1, 0.15) is 10.6 Å². The molecule has 11 heteroatoms. The van der Waals surface area contributed by atoms with Gasteiger partial charge in [0.25, 0.3) is 15.9 Å². The molecule has 1 heterocycles. The quantitative estimate of drug-likeness (QED) is 0.615. The molecule has 0 saturated carbocycles. The zero-order valence-electron chi connectivity index (χ0n) is 14.4. The van der Waals surface area contributed by atoms with Crippen LogP contribution in [0.2, 0.25) is 0 Å². The monoisotopic (exact) mass is 426 g/mol. The number of halogens is 3. The number of carbonyl (C=O) groups is 1. The second kappa shape index (κ2) is 7.87. The molecule has 0 atom stereocenters. The average molecular weight is 426 g/mol. The number of hydrogen-bond donors (Lipinski definition) is 2. The van der Waals surface area contributed by atoms with Crippen LogP contribution in [0.5, 0.6) is 5.75 Å². The van der Waals surface area contributed by atoms with E-state index < -0.39 is 32.9 Å². The van der Waals surface area contributed by atoms with Gasteiger partial charge in [-0.05, 0) is 42.5 Å². The molecule has 0 aliphatic heterocycles. The van der Waals surface area contributed by atoms with Crippen molar-refractivity contribution >= 4 is 27.3 Å². The van der Waals surface area contributed by atoms with E-state index in [9.17, 15) is 26.4 Å². The van der Waals surface area contributed by atoms with Crippen molar-refractivity contribution in [1.29, 1.82) is 0 Å². The van der Waals surface area contributed by atoms with E-state index >= 15 is 0 Å². The van der Waals surface area contributed by atoms with Gasteiger partial charge in [0.15, 0.2) is 5.76 Å². The second-order valence-corrected chi connectivity index (χ2v) is 7.26. The van der Waals surface area contributed by atoms with Crippen molar-refractivity contribution < 1.29 is 35.5 Å². The molecule has 0 fully saturated rings. The number of rotatable bonds is 6. The van der Waals surface area contributed by atoms with Crippen molar-refractivity contribution in [1.82, 2.24) is 0 Å². The molecule has 0 aliphatic carbocycles. The van der Waals surface area contributed by atoms with E-state index in [1.807, 2.05) is 0 Å². The van der Waals surface area contributed by atoms with E-state index in [0.717, 1.165) is 12.1 Å². The maximum atomic E-state index is 12.6. The van der Waals surface area contributed by atoms with E-state index in [4.69, 9.17) is 4.42 Å². The highest BCUT2D eigenvalue weighted by molar-refractivity contribution is 7.92. The van der Waals surface area contributed by atoms with Crippen LogP contribution >= 0.6 is 0 Å². The molecule has 2 N–H and O–H groups in total. The van der Waals surface area contributed by atoms with Crippen molar-refractivity contribution in [2.24, 2.45) is 0 Å². The Labute approximate surface area is 163 Å². The highest BCUT2D eigenvalue weighted by Crippen LogP contribution is 2.30. The number of ether oxygens (including phenoxy) is 1. The molecule has 1 amide bonds. The Hall–Kier alpha value is -3.47. The summed E-state index contributed by atoms with van der Waals surface area (Å²) < 4.78 is 73.7. The summed E-state index contributed by atoms with van der Waals surface area (Å²) in [4.78, 5) is 11.3. The number of amides is 1. The fourth-order valence-electron chi connectivity index (χ4n) is 2.35. The first-order valence-electron chi connectivity index (χ1n) is 7.96. The molecule has 3 aromatic rings. The van der Waals surface area contributed by atoms with Crippen LogP contribution in [-0.2, 0) is 10.0 Å². The number of nitrogens with one attached hydrogen (secondary N) is 2. The third-order valence-corrected chi connectivity index (χ3v) is 4.90. The lowest BCUT2D eigenvalue weighted by molar-refractivity contribution is -0.275. The summed E-state index contributed by atoms with van der Waals surface area (Å²) in [6.45, 7) is 0. The zero-order valence-corrected chi connectivity index (χ0v) is 15.3. The highest BCUT2D eigenvalue weighted by atomic mass is 32.2. The van der Waals surface area contributed by atoms with E-state index in [1.165, 1.54) is 54.8 Å². The Morgan fingerprint density at radius 2 is 1.69 bits per heavy atom. The maximum Gasteiger partial charge on any atom is 0.573 e. The molecule has 2 aromatic carbocycles. The fraction of sp³-hybridized carbons (Fsp3) is 0.0556. The van der Waals surface area contributed by atoms with Gasteiger partial charge in [0, 0.05) is 5.69 Å². The standard InChI is InChI=1S/C18H13F3N2O5S/c19-18(20,21)28-14-7-1-2-9-16(14)29(25,26)23-13-6-3-5-12(11-13)22-17(24)15-8-4-10-27-15/h1-11,23H,(H,22,24). The molecule has 0 aliphatic rings. The van der Waals surface area contributed by atoms with Gasteiger partial charge < -0.3 is 14.5 Å². The van der Waals surface area contributed by atoms with Gasteiger partial charge in [-0.2, -0.15) is 0 Å². The Morgan fingerprint density at radius 3 is 2.38 bits per heavy atom. The summed E-state index contributed by atoms with van der Waals surface area (Å²) in [6.07, 6.45) is -3.73. The maximum absolute atomic E-state index is 12.6. The van der Waals surface area contributed by atoms with Gasteiger partial charge in [-0.1, -0.05) is 18.2 Å². The third kappa shape index (κ3) is 5.29. The third-order valence-electron chi connectivity index (χ3n) is 3.48. The summed E-state index contributed by atoms with van der Waals surface area (Å²) in [5.41, 5.74) is 0.260. The van der Waals surface area contributed by atoms with Crippen LogP contribution in [-0.4, -0.2) is 20.7 Å². The minimum atomic E-state index is -5.05. The normalized spacial score (nSPS) is 11.7. The number of anilines is 2. The molecule has 0 unspecified atom stereocenters. The summed E-state index contributed by atoms with van der Waals surface area (Å²) in [5.74, 6) is -1.37. The SMILES string of the molecule is O=C(Nc1cccc(NS(=O)(=O)c2ccccc2OC(F)(F)F)c1)c1ccco1. The molecular formula is C18H13F3N2O5S. The Bertz CT molecular complexity index is 1110. The van der Waals surface area contributed by atoms with Crippen LogP contribution in [0.1, 0.15) is 10.6 Å². The van der Waals surface area contributed by atoms with E-state index in [0.29, 0.717) is 0 Å². The Kier molecular flexibility index (Phi) is 5.50. The van der Waals surface area contributed by atoms with Gasteiger partial charge in [-0.15, -0.1) is 13.2 Å². The lowest BCUT2D eigenvalue weighted by Gasteiger charge is -2.14. The molecule has 29 heavy (non-hydrogen) atoms. The van der Waals surface area contributed by atoms with E-state index in [-0.39, 0.29) is 17.1 Å². The van der Waals surface area contributed by atoms with Gasteiger partial charge in [-0.25, -0.2) is 8.42 Å². The summed E-state index contributed by atoms with van der Waals surface area (Å²) in [5, 5.41) is 2.51. The number of benzene rings is 2. The van der Waals surface area contributed by atoms with Gasteiger partial charge in [0.2, 0.25) is 0 Å². The molecule has 0 saturated heterocycles. The van der Waals surface area contributed by atoms with Gasteiger partial charge in [0.05, 0.1) is 12.0 Å². The van der Waals surface area contributed by atoms with Crippen molar-refractivity contribution in [3.63, 3.8) is 0 Å². The van der Waals surface area contributed by atoms with Crippen LogP contribution in [0, 0.1) is 0 Å². The van der Waals surface area contributed by atoms with Gasteiger partial charge in [-0.3, -0.25) is 9.52 Å². The number of furan rings is 1. The van der Waals surface area contributed by atoms with Crippen molar-refractivity contribution in [2.45, 2.75) is 11.3 Å². The summed E-state index contributed by atoms with van der Waals surface area (Å²) in [7, 11) is -4.41. The lowest BCUT2D eigenvalue weighted by atomic mass is 10.3. The van der Waals surface area contributed by atoms with Gasteiger partial charge >= 0.3 is 6.36 Å². The van der Waals surface area contributed by atoms with Crippen LogP contribution in [0.3, 0.4) is 0 Å². The lowest BCUT2D eigenvalue weighted by Crippen LogP contribution is -2.21. The first kappa shape index (κ1) is 20.3. The second-order valence-electron chi connectivity index (χ2n) is 5.61. The van der Waals surface area contributed by atoms with Crippen LogP contribution < -0.4 is 14.8 Å². The predicted octanol–water partition coefficient (Wildman–Crippen LogP) is 4.23.